The molecule has 0 aromatic heterocycles. The molecule has 1 spiro atoms. The zero-order valence-electron chi connectivity index (χ0n) is 14.0. The van der Waals surface area contributed by atoms with Crippen molar-refractivity contribution in [1.82, 2.24) is 4.90 Å². The number of aliphatic hydroxyl groups is 1. The molecule has 27 heavy (non-hydrogen) atoms. The summed E-state index contributed by atoms with van der Waals surface area (Å²) in [5.74, 6) is -2.19. The highest BCUT2D eigenvalue weighted by atomic mass is 19.4. The lowest BCUT2D eigenvalue weighted by atomic mass is 9.85. The summed E-state index contributed by atoms with van der Waals surface area (Å²) in [4.78, 5) is 12.2. The van der Waals surface area contributed by atoms with Crippen LogP contribution < -0.4 is 4.74 Å². The minimum Gasteiger partial charge on any atom is -0.509 e. The number of carbonyl (C=O) groups is 1. The Hall–Kier alpha value is -2.84. The lowest BCUT2D eigenvalue weighted by molar-refractivity contribution is -0.391. The molecule has 0 atom stereocenters. The van der Waals surface area contributed by atoms with Crippen molar-refractivity contribution in [3.8, 4) is 5.75 Å². The number of fused-ring (bicyclic) bond motifs is 3. The highest BCUT2D eigenvalue weighted by Crippen LogP contribution is 2.45. The van der Waals surface area contributed by atoms with Crippen molar-refractivity contribution in [2.75, 3.05) is 13.1 Å². The number of ether oxygens (including phenoxy) is 1. The summed E-state index contributed by atoms with van der Waals surface area (Å²) in [7, 11) is 0. The lowest BCUT2D eigenvalue weighted by Gasteiger charge is -2.41. The molecule has 1 aromatic rings. The minimum absolute atomic E-state index is 0.111. The van der Waals surface area contributed by atoms with Crippen molar-refractivity contribution in [2.45, 2.75) is 24.6 Å². The van der Waals surface area contributed by atoms with Crippen molar-refractivity contribution in [1.29, 1.82) is 0 Å². The van der Waals surface area contributed by atoms with Gasteiger partial charge >= 0.3 is 12.1 Å². The second-order valence-corrected chi connectivity index (χ2v) is 6.58. The molecule has 3 aliphatic rings. The Balaban J connectivity index is 1.73. The zero-order chi connectivity index (χ0) is 19.4. The minimum atomic E-state index is -4.92. The van der Waals surface area contributed by atoms with Crippen LogP contribution in [0.2, 0.25) is 0 Å². The van der Waals surface area contributed by atoms with E-state index in [1.165, 1.54) is 16.7 Å². The molecule has 1 saturated heterocycles. The van der Waals surface area contributed by atoms with E-state index in [9.17, 15) is 27.5 Å². The largest absolute Gasteiger partial charge is 0.509 e. The SMILES string of the molecule is O=C(N1CCC2(CC1)Oc1cccc(F)c1[N+]1=C2C=C/C1=C\O)C(F)(F)F. The summed E-state index contributed by atoms with van der Waals surface area (Å²) < 4.78 is 60.1. The van der Waals surface area contributed by atoms with Crippen molar-refractivity contribution in [3.05, 3.63) is 48.1 Å². The van der Waals surface area contributed by atoms with Crippen LogP contribution in [0.4, 0.5) is 23.2 Å². The normalized spacial score (nSPS) is 22.1. The third-order valence-corrected chi connectivity index (χ3v) is 5.09. The summed E-state index contributed by atoms with van der Waals surface area (Å²) in [6, 6.07) is 4.30. The van der Waals surface area contributed by atoms with E-state index >= 15 is 0 Å². The predicted molar refractivity (Wildman–Crippen MR) is 86.4 cm³/mol. The molecule has 0 bridgehead atoms. The van der Waals surface area contributed by atoms with E-state index in [0.29, 0.717) is 11.4 Å². The number of allylic oxidation sites excluding steroid dienone is 1. The molecule has 0 aliphatic carbocycles. The van der Waals surface area contributed by atoms with Crippen molar-refractivity contribution in [2.24, 2.45) is 0 Å². The number of alkyl halides is 3. The first-order chi connectivity index (χ1) is 12.8. The quantitative estimate of drug-likeness (QED) is 0.425. The Bertz CT molecular complexity index is 910. The van der Waals surface area contributed by atoms with Crippen molar-refractivity contribution in [3.63, 3.8) is 0 Å². The van der Waals surface area contributed by atoms with Crippen LogP contribution in [0, 0.1) is 5.82 Å². The molecule has 1 fully saturated rings. The highest BCUT2D eigenvalue weighted by Gasteiger charge is 2.55. The third kappa shape index (κ3) is 2.60. The van der Waals surface area contributed by atoms with E-state index in [1.807, 2.05) is 0 Å². The van der Waals surface area contributed by atoms with Crippen LogP contribution in [0.3, 0.4) is 0 Å². The second-order valence-electron chi connectivity index (χ2n) is 6.58. The maximum absolute atomic E-state index is 14.4. The first-order valence-corrected chi connectivity index (χ1v) is 8.30. The Morgan fingerprint density at radius 2 is 1.96 bits per heavy atom. The molecule has 4 rings (SSSR count). The van der Waals surface area contributed by atoms with Gasteiger partial charge in [0.15, 0.2) is 23.4 Å². The maximum atomic E-state index is 14.4. The average molecular weight is 383 g/mol. The molecule has 3 heterocycles. The van der Waals surface area contributed by atoms with Gasteiger partial charge in [-0.1, -0.05) is 6.07 Å². The monoisotopic (exact) mass is 383 g/mol. The van der Waals surface area contributed by atoms with Crippen LogP contribution >= 0.6 is 0 Å². The molecular formula is C18H15F4N2O3+. The number of piperidine rings is 1. The number of hydrogen-bond donors (Lipinski definition) is 1. The summed E-state index contributed by atoms with van der Waals surface area (Å²) in [6.07, 6.45) is -0.638. The van der Waals surface area contributed by atoms with Gasteiger partial charge in [0, 0.05) is 38.1 Å². The number of halogens is 4. The van der Waals surface area contributed by atoms with E-state index in [-0.39, 0.29) is 37.4 Å². The van der Waals surface area contributed by atoms with Gasteiger partial charge in [-0.2, -0.15) is 17.6 Å². The van der Waals surface area contributed by atoms with E-state index in [2.05, 4.69) is 0 Å². The second kappa shape index (κ2) is 5.83. The Morgan fingerprint density at radius 3 is 2.59 bits per heavy atom. The Labute approximate surface area is 151 Å². The number of benzene rings is 1. The average Bonchev–Trinajstić information content (AvgIpc) is 3.06. The summed E-state index contributed by atoms with van der Waals surface area (Å²) in [5.41, 5.74) is -0.0192. The van der Waals surface area contributed by atoms with Gasteiger partial charge in [0.05, 0.1) is 0 Å². The number of aliphatic hydroxyl groups excluding tert-OH is 1. The van der Waals surface area contributed by atoms with Crippen molar-refractivity contribution >= 4 is 17.3 Å². The molecule has 1 N–H and O–H groups in total. The topological polar surface area (TPSA) is 52.8 Å². The molecule has 142 valence electrons. The fourth-order valence-electron chi connectivity index (χ4n) is 3.82. The molecule has 3 aliphatic heterocycles. The summed E-state index contributed by atoms with van der Waals surface area (Å²) in [5, 5.41) is 9.50. The third-order valence-electron chi connectivity index (χ3n) is 5.09. The van der Waals surface area contributed by atoms with Crippen LogP contribution in [-0.2, 0) is 4.79 Å². The highest BCUT2D eigenvalue weighted by molar-refractivity contribution is 6.02. The van der Waals surface area contributed by atoms with Gasteiger partial charge in [-0.3, -0.25) is 4.79 Å². The van der Waals surface area contributed by atoms with Gasteiger partial charge in [0.25, 0.3) is 5.69 Å². The van der Waals surface area contributed by atoms with E-state index in [0.717, 1.165) is 11.2 Å². The van der Waals surface area contributed by atoms with Gasteiger partial charge in [-0.05, 0) is 12.1 Å². The molecule has 0 saturated carbocycles. The molecule has 1 amide bonds. The number of carbonyl (C=O) groups excluding carboxylic acids is 1. The van der Waals surface area contributed by atoms with E-state index in [4.69, 9.17) is 4.74 Å². The van der Waals surface area contributed by atoms with E-state index < -0.39 is 23.5 Å². The lowest BCUT2D eigenvalue weighted by Crippen LogP contribution is -2.57. The maximum Gasteiger partial charge on any atom is 0.471 e. The first kappa shape index (κ1) is 17.6. The molecule has 9 heteroatoms. The number of amides is 1. The van der Waals surface area contributed by atoms with Crippen molar-refractivity contribution < 1.29 is 36.8 Å². The first-order valence-electron chi connectivity index (χ1n) is 8.30. The number of para-hydroxylation sites is 1. The smallest absolute Gasteiger partial charge is 0.471 e. The number of rotatable bonds is 0. The zero-order valence-corrected chi connectivity index (χ0v) is 14.0. The summed E-state index contributed by atoms with van der Waals surface area (Å²) >= 11 is 0. The van der Waals surface area contributed by atoms with Crippen LogP contribution in [0.5, 0.6) is 5.75 Å². The van der Waals surface area contributed by atoms with Crippen LogP contribution in [-0.4, -0.2) is 51.1 Å². The van der Waals surface area contributed by atoms with Gasteiger partial charge in [-0.25, -0.2) is 0 Å². The number of hydrogen-bond acceptors (Lipinski definition) is 3. The molecule has 1 aromatic carbocycles. The molecule has 0 radical (unpaired) electrons. The predicted octanol–water partition coefficient (Wildman–Crippen LogP) is 3.20. The standard InChI is InChI=1S/C18H14F4N2O3/c19-12-2-1-3-13-15(12)24-11(10-25)4-5-14(24)17(27-13)6-8-23(9-7-17)16(26)18(20,21)22/h1-5,10H,6-9H2/p+1. The number of likely N-dealkylation sites (tertiary alicyclic amines) is 1. The van der Waals surface area contributed by atoms with Gasteiger partial charge < -0.3 is 14.7 Å². The fraction of sp³-hybridized carbons (Fsp3) is 0.333. The van der Waals surface area contributed by atoms with Gasteiger partial charge in [0.1, 0.15) is 0 Å². The summed E-state index contributed by atoms with van der Waals surface area (Å²) in [6.45, 7) is -0.293. The van der Waals surface area contributed by atoms with E-state index in [1.54, 1.807) is 18.2 Å². The molecule has 5 nitrogen and oxygen atoms in total. The van der Waals surface area contributed by atoms with Gasteiger partial charge in [-0.15, -0.1) is 4.58 Å². The Morgan fingerprint density at radius 1 is 1.26 bits per heavy atom. The molecular weight excluding hydrogens is 368 g/mol. The van der Waals surface area contributed by atoms with Gasteiger partial charge in [0.2, 0.25) is 11.4 Å². The number of nitrogens with zero attached hydrogens (tertiary/aromatic N) is 2. The fourth-order valence-corrected chi connectivity index (χ4v) is 3.82. The van der Waals surface area contributed by atoms with Crippen LogP contribution in [0.25, 0.3) is 0 Å². The van der Waals surface area contributed by atoms with Crippen LogP contribution in [0.1, 0.15) is 12.8 Å². The Kier molecular flexibility index (Phi) is 3.79. The molecule has 0 unspecified atom stereocenters. The van der Waals surface area contributed by atoms with Crippen LogP contribution in [0.15, 0.2) is 42.3 Å².